The third kappa shape index (κ3) is 4.08. The Bertz CT molecular complexity index is 544. The van der Waals surface area contributed by atoms with E-state index in [-0.39, 0.29) is 5.95 Å². The van der Waals surface area contributed by atoms with Gasteiger partial charge in [-0.15, -0.1) is 0 Å². The van der Waals surface area contributed by atoms with Crippen molar-refractivity contribution in [1.29, 1.82) is 0 Å². The van der Waals surface area contributed by atoms with Gasteiger partial charge in [0.05, 0.1) is 0 Å². The Labute approximate surface area is 113 Å². The van der Waals surface area contributed by atoms with E-state index in [0.717, 1.165) is 12.3 Å². The number of aromatic nitrogens is 3. The van der Waals surface area contributed by atoms with Crippen molar-refractivity contribution >= 4 is 11.8 Å². The van der Waals surface area contributed by atoms with Gasteiger partial charge in [0.1, 0.15) is 11.5 Å². The molecule has 0 aromatic carbocycles. The molecular weight excluding hydrogens is 271 g/mol. The van der Waals surface area contributed by atoms with Crippen LogP contribution in [0.25, 0.3) is 0 Å². The predicted molar refractivity (Wildman–Crippen MR) is 68.3 cm³/mol. The lowest BCUT2D eigenvalue weighted by atomic mass is 10.4. The van der Waals surface area contributed by atoms with E-state index in [1.54, 1.807) is 18.3 Å². The molecule has 0 atom stereocenters. The maximum absolute atomic E-state index is 12.4. The highest BCUT2D eigenvalue weighted by molar-refractivity contribution is 5.34. The number of anilines is 2. The average molecular weight is 283 g/mol. The summed E-state index contributed by atoms with van der Waals surface area (Å²) in [4.78, 5) is 11.2. The van der Waals surface area contributed by atoms with Gasteiger partial charge in [0.15, 0.2) is 0 Å². The van der Waals surface area contributed by atoms with Crippen LogP contribution in [0.5, 0.6) is 0 Å². The first kappa shape index (κ1) is 14.0. The van der Waals surface area contributed by atoms with Gasteiger partial charge in [0.25, 0.3) is 0 Å². The molecule has 2 heterocycles. The molecule has 0 saturated heterocycles. The van der Waals surface area contributed by atoms with Gasteiger partial charge < -0.3 is 10.6 Å². The molecule has 0 saturated carbocycles. The van der Waals surface area contributed by atoms with Crippen molar-refractivity contribution < 1.29 is 13.2 Å². The molecule has 2 aromatic heterocycles. The molecule has 0 fully saturated rings. The van der Waals surface area contributed by atoms with Crippen molar-refractivity contribution in [2.75, 3.05) is 23.7 Å². The zero-order valence-electron chi connectivity index (χ0n) is 10.4. The summed E-state index contributed by atoms with van der Waals surface area (Å²) in [5, 5.41) is 5.72. The number of alkyl halides is 3. The Morgan fingerprint density at radius 2 is 1.75 bits per heavy atom. The van der Waals surface area contributed by atoms with Gasteiger partial charge in [-0.1, -0.05) is 6.07 Å². The highest BCUT2D eigenvalue weighted by Crippen LogP contribution is 2.27. The van der Waals surface area contributed by atoms with Crippen LogP contribution in [0.2, 0.25) is 0 Å². The highest BCUT2D eigenvalue weighted by Gasteiger charge is 2.32. The second kappa shape index (κ2) is 6.18. The van der Waals surface area contributed by atoms with Crippen LogP contribution in [0.15, 0.2) is 36.7 Å². The van der Waals surface area contributed by atoms with Gasteiger partial charge in [-0.2, -0.15) is 13.2 Å². The molecule has 2 N–H and O–H groups in total. The predicted octanol–water partition coefficient (Wildman–Crippen LogP) is 2.41. The number of hydrogen-bond acceptors (Lipinski definition) is 5. The number of rotatable bonds is 5. The zero-order chi connectivity index (χ0) is 14.4. The largest absolute Gasteiger partial charge is 0.433 e. The van der Waals surface area contributed by atoms with Gasteiger partial charge in [-0.05, 0) is 18.2 Å². The molecule has 5 nitrogen and oxygen atoms in total. The maximum Gasteiger partial charge on any atom is 0.433 e. The lowest BCUT2D eigenvalue weighted by Gasteiger charge is -2.09. The fourth-order valence-electron chi connectivity index (χ4n) is 1.43. The fourth-order valence-corrected chi connectivity index (χ4v) is 1.43. The van der Waals surface area contributed by atoms with Crippen LogP contribution in [-0.4, -0.2) is 28.0 Å². The summed E-state index contributed by atoms with van der Waals surface area (Å²) in [6.45, 7) is 0.856. The summed E-state index contributed by atoms with van der Waals surface area (Å²) >= 11 is 0. The minimum atomic E-state index is -4.47. The Balaban J connectivity index is 1.83. The normalized spacial score (nSPS) is 11.2. The van der Waals surface area contributed by atoms with E-state index in [4.69, 9.17) is 0 Å². The van der Waals surface area contributed by atoms with Crippen molar-refractivity contribution in [3.8, 4) is 0 Å². The van der Waals surface area contributed by atoms with Crippen LogP contribution < -0.4 is 10.6 Å². The van der Waals surface area contributed by atoms with E-state index in [9.17, 15) is 13.2 Å². The number of hydrogen-bond donors (Lipinski definition) is 2. The number of nitrogens with one attached hydrogen (secondary N) is 2. The molecule has 2 rings (SSSR count). The van der Waals surface area contributed by atoms with Crippen molar-refractivity contribution in [1.82, 2.24) is 15.0 Å². The molecule has 0 aliphatic rings. The summed E-state index contributed by atoms with van der Waals surface area (Å²) in [6.07, 6.45) is -1.75. The minimum absolute atomic E-state index is 0.0531. The summed E-state index contributed by atoms with van der Waals surface area (Å²) in [5.74, 6) is 0.641. The maximum atomic E-state index is 12.4. The SMILES string of the molecule is FC(F)(F)c1ccnc(NCCNc2ccccn2)n1. The molecule has 0 bridgehead atoms. The van der Waals surface area contributed by atoms with Gasteiger partial charge in [-0.25, -0.2) is 15.0 Å². The highest BCUT2D eigenvalue weighted by atomic mass is 19.4. The zero-order valence-corrected chi connectivity index (χ0v) is 10.4. The van der Waals surface area contributed by atoms with E-state index < -0.39 is 11.9 Å². The second-order valence-corrected chi connectivity index (χ2v) is 3.83. The molecule has 0 amide bonds. The summed E-state index contributed by atoms with van der Waals surface area (Å²) in [6, 6.07) is 6.25. The van der Waals surface area contributed by atoms with E-state index >= 15 is 0 Å². The monoisotopic (exact) mass is 283 g/mol. The van der Waals surface area contributed by atoms with E-state index in [1.807, 2.05) is 6.07 Å². The van der Waals surface area contributed by atoms with E-state index in [0.29, 0.717) is 18.9 Å². The summed E-state index contributed by atoms with van der Waals surface area (Å²) in [7, 11) is 0. The van der Waals surface area contributed by atoms with Gasteiger partial charge in [0, 0.05) is 25.5 Å². The Kier molecular flexibility index (Phi) is 4.34. The van der Waals surface area contributed by atoms with Crippen LogP contribution in [-0.2, 0) is 6.18 Å². The van der Waals surface area contributed by atoms with Gasteiger partial charge in [0.2, 0.25) is 5.95 Å². The Morgan fingerprint density at radius 3 is 2.45 bits per heavy atom. The first-order valence-corrected chi connectivity index (χ1v) is 5.85. The van der Waals surface area contributed by atoms with Crippen molar-refractivity contribution in [2.45, 2.75) is 6.18 Å². The first-order chi connectivity index (χ1) is 9.55. The summed E-state index contributed by atoms with van der Waals surface area (Å²) < 4.78 is 37.3. The minimum Gasteiger partial charge on any atom is -0.368 e. The molecule has 0 unspecified atom stereocenters. The van der Waals surface area contributed by atoms with Crippen LogP contribution in [0.4, 0.5) is 24.9 Å². The van der Waals surface area contributed by atoms with Gasteiger partial charge >= 0.3 is 6.18 Å². The molecule has 0 radical (unpaired) electrons. The topological polar surface area (TPSA) is 62.7 Å². The molecule has 2 aromatic rings. The van der Waals surface area contributed by atoms with Crippen LogP contribution in [0.3, 0.4) is 0 Å². The molecule has 0 aliphatic heterocycles. The van der Waals surface area contributed by atoms with E-state index in [1.165, 1.54) is 0 Å². The molecule has 0 aliphatic carbocycles. The number of pyridine rings is 1. The molecular formula is C12H12F3N5. The van der Waals surface area contributed by atoms with Crippen LogP contribution in [0.1, 0.15) is 5.69 Å². The first-order valence-electron chi connectivity index (χ1n) is 5.85. The van der Waals surface area contributed by atoms with Crippen molar-refractivity contribution in [3.63, 3.8) is 0 Å². The van der Waals surface area contributed by atoms with E-state index in [2.05, 4.69) is 25.6 Å². The van der Waals surface area contributed by atoms with Crippen LogP contribution >= 0.6 is 0 Å². The smallest absolute Gasteiger partial charge is 0.368 e. The number of halogens is 3. The lowest BCUT2D eigenvalue weighted by molar-refractivity contribution is -0.141. The lowest BCUT2D eigenvalue weighted by Crippen LogP contribution is -2.17. The second-order valence-electron chi connectivity index (χ2n) is 3.83. The Morgan fingerprint density at radius 1 is 0.950 bits per heavy atom. The van der Waals surface area contributed by atoms with Crippen molar-refractivity contribution in [3.05, 3.63) is 42.4 Å². The molecule has 106 valence electrons. The molecule has 8 heteroatoms. The summed E-state index contributed by atoms with van der Waals surface area (Å²) in [5.41, 5.74) is -0.965. The third-order valence-corrected chi connectivity index (χ3v) is 2.33. The molecule has 20 heavy (non-hydrogen) atoms. The van der Waals surface area contributed by atoms with Crippen LogP contribution in [0, 0.1) is 0 Å². The number of nitrogens with zero attached hydrogens (tertiary/aromatic N) is 3. The third-order valence-electron chi connectivity index (χ3n) is 2.33. The fraction of sp³-hybridized carbons (Fsp3) is 0.250. The quantitative estimate of drug-likeness (QED) is 0.825. The standard InChI is InChI=1S/C12H12F3N5/c13-12(14,15)9-4-6-18-11(20-9)19-8-7-17-10-3-1-2-5-16-10/h1-6H,7-8H2,(H,16,17)(H,18,19,20). The molecule has 0 spiro atoms. The average Bonchev–Trinajstić information content (AvgIpc) is 2.44. The van der Waals surface area contributed by atoms with Gasteiger partial charge in [-0.3, -0.25) is 0 Å². The Hall–Kier alpha value is -2.38. The van der Waals surface area contributed by atoms with Crippen molar-refractivity contribution in [2.24, 2.45) is 0 Å².